The first kappa shape index (κ1) is 21.8. The molecule has 2 saturated heterocycles. The predicted molar refractivity (Wildman–Crippen MR) is 125 cm³/mol. The highest BCUT2D eigenvalue weighted by atomic mass is 127. The molecule has 1 N–H and O–H groups in total. The van der Waals surface area contributed by atoms with E-state index in [4.69, 9.17) is 4.74 Å². The van der Waals surface area contributed by atoms with E-state index in [1.54, 1.807) is 0 Å². The van der Waals surface area contributed by atoms with E-state index in [0.29, 0.717) is 6.04 Å². The molecule has 28 heavy (non-hydrogen) atoms. The number of guanidine groups is 1. The van der Waals surface area contributed by atoms with Gasteiger partial charge in [-0.3, -0.25) is 9.89 Å². The number of hydrogen-bond acceptors (Lipinski definition) is 3. The van der Waals surface area contributed by atoms with Gasteiger partial charge < -0.3 is 15.0 Å². The third-order valence-corrected chi connectivity index (χ3v) is 6.61. The van der Waals surface area contributed by atoms with Crippen LogP contribution >= 0.6 is 24.0 Å². The molecule has 0 amide bonds. The van der Waals surface area contributed by atoms with Gasteiger partial charge in [0.25, 0.3) is 0 Å². The highest BCUT2D eigenvalue weighted by molar-refractivity contribution is 14.0. The lowest BCUT2D eigenvalue weighted by Gasteiger charge is -2.35. The van der Waals surface area contributed by atoms with Crippen LogP contribution in [-0.4, -0.2) is 68.7 Å². The number of fused-ring (bicyclic) bond motifs is 1. The van der Waals surface area contributed by atoms with Crippen molar-refractivity contribution in [2.75, 3.05) is 53.0 Å². The van der Waals surface area contributed by atoms with Gasteiger partial charge >= 0.3 is 0 Å². The molecule has 1 aromatic carbocycles. The maximum absolute atomic E-state index is 5.57. The van der Waals surface area contributed by atoms with Crippen molar-refractivity contribution in [2.45, 2.75) is 31.7 Å². The maximum atomic E-state index is 5.57. The number of likely N-dealkylation sites (tertiary alicyclic amines) is 1. The summed E-state index contributed by atoms with van der Waals surface area (Å²) in [5.74, 6) is 2.83. The van der Waals surface area contributed by atoms with Crippen molar-refractivity contribution in [2.24, 2.45) is 16.8 Å². The average molecular weight is 498 g/mol. The second-order valence-corrected chi connectivity index (χ2v) is 8.21. The molecule has 156 valence electrons. The van der Waals surface area contributed by atoms with E-state index < -0.39 is 0 Å². The maximum Gasteiger partial charge on any atom is 0.193 e. The predicted octanol–water partition coefficient (Wildman–Crippen LogP) is 3.38. The van der Waals surface area contributed by atoms with E-state index in [-0.39, 0.29) is 24.0 Å². The SMILES string of the molecule is CN=C(NCC(c1ccccc1)N1CCOCC1)N1CC2CCCCC2C1.I. The Bertz CT molecular complexity index is 606. The van der Waals surface area contributed by atoms with Crippen LogP contribution in [0.3, 0.4) is 0 Å². The molecule has 0 spiro atoms. The fourth-order valence-corrected chi connectivity index (χ4v) is 5.12. The molecule has 3 atom stereocenters. The largest absolute Gasteiger partial charge is 0.379 e. The summed E-state index contributed by atoms with van der Waals surface area (Å²) in [5, 5.41) is 3.71. The number of benzene rings is 1. The molecule has 5 nitrogen and oxygen atoms in total. The van der Waals surface area contributed by atoms with Crippen molar-refractivity contribution >= 4 is 29.9 Å². The lowest BCUT2D eigenvalue weighted by molar-refractivity contribution is 0.0169. The molecule has 0 radical (unpaired) electrons. The van der Waals surface area contributed by atoms with Gasteiger partial charge in [-0.25, -0.2) is 0 Å². The Morgan fingerprint density at radius 1 is 1.11 bits per heavy atom. The summed E-state index contributed by atoms with van der Waals surface area (Å²) in [6, 6.07) is 11.2. The summed E-state index contributed by atoms with van der Waals surface area (Å²) < 4.78 is 5.57. The Labute approximate surface area is 186 Å². The Hall–Kier alpha value is -0.860. The molecule has 1 saturated carbocycles. The zero-order valence-electron chi connectivity index (χ0n) is 17.1. The van der Waals surface area contributed by atoms with Gasteiger partial charge in [0.1, 0.15) is 0 Å². The zero-order valence-corrected chi connectivity index (χ0v) is 19.4. The fraction of sp³-hybridized carbons (Fsp3) is 0.682. The molecule has 1 aromatic rings. The number of ether oxygens (including phenoxy) is 1. The molecule has 3 fully saturated rings. The fourth-order valence-electron chi connectivity index (χ4n) is 5.12. The number of nitrogens with zero attached hydrogens (tertiary/aromatic N) is 3. The molecule has 0 bridgehead atoms. The van der Waals surface area contributed by atoms with Crippen molar-refractivity contribution in [1.29, 1.82) is 0 Å². The Morgan fingerprint density at radius 3 is 2.36 bits per heavy atom. The van der Waals surface area contributed by atoms with Gasteiger partial charge in [-0.2, -0.15) is 0 Å². The van der Waals surface area contributed by atoms with Gasteiger partial charge in [-0.1, -0.05) is 43.2 Å². The summed E-state index contributed by atoms with van der Waals surface area (Å²) in [7, 11) is 1.93. The van der Waals surface area contributed by atoms with Crippen LogP contribution in [0.1, 0.15) is 37.3 Å². The van der Waals surface area contributed by atoms with Gasteiger partial charge in [0, 0.05) is 39.8 Å². The number of aliphatic imine (C=N–C) groups is 1. The first-order valence-corrected chi connectivity index (χ1v) is 10.7. The molecule has 4 rings (SSSR count). The third kappa shape index (κ3) is 5.19. The number of hydrogen-bond donors (Lipinski definition) is 1. The first-order chi connectivity index (χ1) is 13.3. The Balaban J connectivity index is 0.00000225. The van der Waals surface area contributed by atoms with Crippen molar-refractivity contribution in [3.05, 3.63) is 35.9 Å². The standard InChI is InChI=1S/C22H34N4O.HI/c1-23-22(26-16-19-9-5-6-10-20(19)17-26)24-15-21(18-7-3-2-4-8-18)25-11-13-27-14-12-25;/h2-4,7-8,19-21H,5-6,9-17H2,1H3,(H,23,24);1H. The smallest absolute Gasteiger partial charge is 0.193 e. The van der Waals surface area contributed by atoms with Crippen LogP contribution in [0.15, 0.2) is 35.3 Å². The highest BCUT2D eigenvalue weighted by Crippen LogP contribution is 2.36. The molecule has 0 aromatic heterocycles. The van der Waals surface area contributed by atoms with Crippen molar-refractivity contribution in [1.82, 2.24) is 15.1 Å². The summed E-state index contributed by atoms with van der Waals surface area (Å²) in [6.45, 7) is 6.89. The van der Waals surface area contributed by atoms with Crippen molar-refractivity contribution in [3.8, 4) is 0 Å². The average Bonchev–Trinajstić information content (AvgIpc) is 3.16. The minimum atomic E-state index is 0. The van der Waals surface area contributed by atoms with E-state index in [1.807, 2.05) is 7.05 Å². The number of nitrogens with one attached hydrogen (secondary N) is 1. The molecule has 3 aliphatic rings. The van der Waals surface area contributed by atoms with Gasteiger partial charge in [0.2, 0.25) is 0 Å². The molecule has 3 unspecified atom stereocenters. The quantitative estimate of drug-likeness (QED) is 0.393. The second kappa shape index (κ2) is 10.8. The summed E-state index contributed by atoms with van der Waals surface area (Å²) in [4.78, 5) is 9.67. The van der Waals surface area contributed by atoms with Crippen LogP contribution in [0.5, 0.6) is 0 Å². The number of halogens is 1. The third-order valence-electron chi connectivity index (χ3n) is 6.61. The van der Waals surface area contributed by atoms with Gasteiger partial charge in [-0.05, 0) is 30.2 Å². The van der Waals surface area contributed by atoms with Gasteiger partial charge in [0.15, 0.2) is 5.96 Å². The minimum Gasteiger partial charge on any atom is -0.379 e. The second-order valence-electron chi connectivity index (χ2n) is 8.21. The molecule has 6 heteroatoms. The van der Waals surface area contributed by atoms with Crippen LogP contribution in [0.25, 0.3) is 0 Å². The molecule has 2 heterocycles. The lowest BCUT2D eigenvalue weighted by atomic mass is 9.82. The van der Waals surface area contributed by atoms with Crippen molar-refractivity contribution in [3.63, 3.8) is 0 Å². The van der Waals surface area contributed by atoms with E-state index in [1.165, 1.54) is 44.3 Å². The van der Waals surface area contributed by atoms with Gasteiger partial charge in [-0.15, -0.1) is 24.0 Å². The number of morpholine rings is 1. The highest BCUT2D eigenvalue weighted by Gasteiger charge is 2.35. The minimum absolute atomic E-state index is 0. The summed E-state index contributed by atoms with van der Waals surface area (Å²) >= 11 is 0. The molecular weight excluding hydrogens is 463 g/mol. The normalized spacial score (nSPS) is 27.0. The van der Waals surface area contributed by atoms with E-state index in [0.717, 1.165) is 50.6 Å². The van der Waals surface area contributed by atoms with E-state index in [9.17, 15) is 0 Å². The Morgan fingerprint density at radius 2 is 1.75 bits per heavy atom. The van der Waals surface area contributed by atoms with Crippen LogP contribution in [-0.2, 0) is 4.74 Å². The van der Waals surface area contributed by atoms with E-state index >= 15 is 0 Å². The van der Waals surface area contributed by atoms with Crippen molar-refractivity contribution < 1.29 is 4.74 Å². The molecule has 2 aliphatic heterocycles. The first-order valence-electron chi connectivity index (χ1n) is 10.7. The van der Waals surface area contributed by atoms with E-state index in [2.05, 4.69) is 50.4 Å². The lowest BCUT2D eigenvalue weighted by Crippen LogP contribution is -2.47. The summed E-state index contributed by atoms with van der Waals surface area (Å²) in [5.41, 5.74) is 1.37. The molecule has 1 aliphatic carbocycles. The van der Waals surface area contributed by atoms with Crippen LogP contribution in [0.4, 0.5) is 0 Å². The Kier molecular flexibility index (Phi) is 8.41. The summed E-state index contributed by atoms with van der Waals surface area (Å²) in [6.07, 6.45) is 5.62. The number of rotatable bonds is 4. The topological polar surface area (TPSA) is 40.1 Å². The van der Waals surface area contributed by atoms with Crippen LogP contribution in [0, 0.1) is 11.8 Å². The monoisotopic (exact) mass is 498 g/mol. The van der Waals surface area contributed by atoms with Crippen LogP contribution < -0.4 is 5.32 Å². The zero-order chi connectivity index (χ0) is 18.5. The van der Waals surface area contributed by atoms with Gasteiger partial charge in [0.05, 0.1) is 19.3 Å². The van der Waals surface area contributed by atoms with Crippen LogP contribution in [0.2, 0.25) is 0 Å². The molecular formula is C22H35IN4O.